The van der Waals surface area contributed by atoms with E-state index in [-0.39, 0.29) is 5.56 Å². The van der Waals surface area contributed by atoms with Crippen molar-refractivity contribution < 1.29 is 14.7 Å². The summed E-state index contributed by atoms with van der Waals surface area (Å²) in [6.45, 7) is 0. The van der Waals surface area contributed by atoms with Crippen LogP contribution in [0, 0.1) is 0 Å². The lowest BCUT2D eigenvalue weighted by molar-refractivity contribution is 0.0696. The number of hydrogen-bond donors (Lipinski definition) is 3. The van der Waals surface area contributed by atoms with E-state index in [1.54, 1.807) is 30.3 Å². The minimum absolute atomic E-state index is 0.194. The number of nitrogens with two attached hydrogens (primary N) is 1. The first-order valence-electron chi connectivity index (χ1n) is 5.67. The van der Waals surface area contributed by atoms with Gasteiger partial charge in [0.15, 0.2) is 0 Å². The van der Waals surface area contributed by atoms with E-state index in [4.69, 9.17) is 10.8 Å². The van der Waals surface area contributed by atoms with Crippen LogP contribution in [0.5, 0.6) is 0 Å². The summed E-state index contributed by atoms with van der Waals surface area (Å²) in [5.41, 5.74) is 7.07. The number of benzene rings is 2. The van der Waals surface area contributed by atoms with Crippen molar-refractivity contribution in [3.63, 3.8) is 0 Å². The highest BCUT2D eigenvalue weighted by molar-refractivity contribution is 9.10. The highest BCUT2D eigenvalue weighted by atomic mass is 79.9. The third kappa shape index (κ3) is 3.16. The zero-order valence-corrected chi connectivity index (χ0v) is 11.8. The zero-order chi connectivity index (χ0) is 14.7. The molecule has 0 saturated carbocycles. The number of primary amides is 1. The number of rotatable bonds is 4. The third-order valence-electron chi connectivity index (χ3n) is 2.66. The Labute approximate surface area is 123 Å². The lowest BCUT2D eigenvalue weighted by Gasteiger charge is -2.11. The second-order valence-corrected chi connectivity index (χ2v) is 4.98. The Balaban J connectivity index is 2.31. The molecule has 0 aromatic heterocycles. The van der Waals surface area contributed by atoms with Crippen LogP contribution in [0.15, 0.2) is 46.9 Å². The molecule has 102 valence electrons. The molecule has 0 aliphatic carbocycles. The van der Waals surface area contributed by atoms with E-state index in [1.807, 2.05) is 0 Å². The average molecular weight is 335 g/mol. The van der Waals surface area contributed by atoms with Crippen molar-refractivity contribution in [2.24, 2.45) is 5.73 Å². The van der Waals surface area contributed by atoms with E-state index in [2.05, 4.69) is 21.2 Å². The Morgan fingerprint density at radius 3 is 2.30 bits per heavy atom. The molecule has 5 nitrogen and oxygen atoms in total. The zero-order valence-electron chi connectivity index (χ0n) is 10.3. The quantitative estimate of drug-likeness (QED) is 0.801. The fourth-order valence-electron chi connectivity index (χ4n) is 1.69. The molecule has 2 aromatic carbocycles. The number of halogens is 1. The maximum absolute atomic E-state index is 11.4. The minimum atomic E-state index is -0.989. The molecule has 1 amide bonds. The summed E-state index contributed by atoms with van der Waals surface area (Å²) < 4.78 is 0.798. The maximum Gasteiger partial charge on any atom is 0.335 e. The number of aromatic carboxylic acids is 1. The molecule has 0 spiro atoms. The molecular formula is C14H11BrN2O3. The molecule has 0 radical (unpaired) electrons. The second-order valence-electron chi connectivity index (χ2n) is 4.06. The largest absolute Gasteiger partial charge is 0.478 e. The van der Waals surface area contributed by atoms with Gasteiger partial charge in [-0.05, 0) is 42.5 Å². The first-order chi connectivity index (χ1) is 9.47. The van der Waals surface area contributed by atoms with Gasteiger partial charge in [-0.15, -0.1) is 0 Å². The van der Waals surface area contributed by atoms with E-state index in [0.717, 1.165) is 4.47 Å². The van der Waals surface area contributed by atoms with E-state index >= 15 is 0 Å². The van der Waals surface area contributed by atoms with Crippen molar-refractivity contribution >= 4 is 39.2 Å². The summed E-state index contributed by atoms with van der Waals surface area (Å²) >= 11 is 3.32. The van der Waals surface area contributed by atoms with Crippen molar-refractivity contribution in [3.05, 3.63) is 58.1 Å². The van der Waals surface area contributed by atoms with Crippen molar-refractivity contribution in [3.8, 4) is 0 Å². The Morgan fingerprint density at radius 1 is 1.10 bits per heavy atom. The Kier molecular flexibility index (Phi) is 4.05. The third-order valence-corrected chi connectivity index (χ3v) is 3.15. The summed E-state index contributed by atoms with van der Waals surface area (Å²) in [6, 6.07) is 11.3. The fraction of sp³-hybridized carbons (Fsp3) is 0. The molecule has 0 unspecified atom stereocenters. The van der Waals surface area contributed by atoms with Crippen LogP contribution in [0.25, 0.3) is 0 Å². The van der Waals surface area contributed by atoms with Crippen LogP contribution in [-0.2, 0) is 0 Å². The predicted octanol–water partition coefficient (Wildman–Crippen LogP) is 2.99. The van der Waals surface area contributed by atoms with Crippen LogP contribution >= 0.6 is 15.9 Å². The predicted molar refractivity (Wildman–Crippen MR) is 79.3 cm³/mol. The number of anilines is 2. The van der Waals surface area contributed by atoms with Crippen LogP contribution in [-0.4, -0.2) is 17.0 Å². The van der Waals surface area contributed by atoms with Gasteiger partial charge in [-0.2, -0.15) is 0 Å². The van der Waals surface area contributed by atoms with Gasteiger partial charge in [-0.25, -0.2) is 4.79 Å². The highest BCUT2D eigenvalue weighted by Crippen LogP contribution is 2.25. The summed E-state index contributed by atoms with van der Waals surface area (Å²) in [4.78, 5) is 22.1. The molecule has 0 heterocycles. The van der Waals surface area contributed by atoms with Crippen molar-refractivity contribution in [1.29, 1.82) is 0 Å². The Bertz CT molecular complexity index is 669. The monoisotopic (exact) mass is 334 g/mol. The van der Waals surface area contributed by atoms with E-state index in [1.165, 1.54) is 12.1 Å². The molecular weight excluding hydrogens is 324 g/mol. The lowest BCUT2D eigenvalue weighted by atomic mass is 10.1. The first kappa shape index (κ1) is 14.1. The van der Waals surface area contributed by atoms with Gasteiger partial charge in [-0.1, -0.05) is 15.9 Å². The molecule has 0 atom stereocenters. The smallest absolute Gasteiger partial charge is 0.335 e. The molecule has 0 aliphatic rings. The molecule has 0 fully saturated rings. The number of amides is 1. The maximum atomic E-state index is 11.4. The summed E-state index contributed by atoms with van der Waals surface area (Å²) in [7, 11) is 0. The van der Waals surface area contributed by atoms with Gasteiger partial charge >= 0.3 is 5.97 Å². The SMILES string of the molecule is NC(=O)c1ccc(Br)cc1Nc1ccc(C(=O)O)cc1. The molecule has 0 bridgehead atoms. The number of carbonyl (C=O) groups excluding carboxylic acids is 1. The van der Waals surface area contributed by atoms with Gasteiger partial charge in [0.1, 0.15) is 0 Å². The van der Waals surface area contributed by atoms with E-state index < -0.39 is 11.9 Å². The van der Waals surface area contributed by atoms with Gasteiger partial charge in [0.05, 0.1) is 16.8 Å². The standard InChI is InChI=1S/C14H11BrN2O3/c15-9-3-6-11(13(16)18)12(7-9)17-10-4-1-8(2-5-10)14(19)20/h1-7,17H,(H2,16,18)(H,19,20). The summed E-state index contributed by atoms with van der Waals surface area (Å²) in [5, 5.41) is 11.9. The average Bonchev–Trinajstić information content (AvgIpc) is 2.39. The summed E-state index contributed by atoms with van der Waals surface area (Å²) in [5.74, 6) is -1.53. The number of carboxylic acids is 1. The molecule has 2 rings (SSSR count). The molecule has 4 N–H and O–H groups in total. The number of nitrogens with one attached hydrogen (secondary N) is 1. The van der Waals surface area contributed by atoms with Crippen LogP contribution in [0.3, 0.4) is 0 Å². The van der Waals surface area contributed by atoms with Crippen LogP contribution in [0.1, 0.15) is 20.7 Å². The number of hydrogen-bond acceptors (Lipinski definition) is 3. The Morgan fingerprint density at radius 2 is 1.75 bits per heavy atom. The number of carbonyl (C=O) groups is 2. The van der Waals surface area contributed by atoms with Gasteiger partial charge in [-0.3, -0.25) is 4.79 Å². The molecule has 2 aromatic rings. The van der Waals surface area contributed by atoms with Gasteiger partial charge in [0.25, 0.3) is 5.91 Å². The topological polar surface area (TPSA) is 92.4 Å². The Hall–Kier alpha value is -2.34. The van der Waals surface area contributed by atoms with E-state index in [0.29, 0.717) is 16.9 Å². The highest BCUT2D eigenvalue weighted by Gasteiger charge is 2.09. The van der Waals surface area contributed by atoms with Crippen molar-refractivity contribution in [2.75, 3.05) is 5.32 Å². The minimum Gasteiger partial charge on any atom is -0.478 e. The molecule has 0 aliphatic heterocycles. The normalized spacial score (nSPS) is 10.1. The van der Waals surface area contributed by atoms with Crippen LogP contribution in [0.4, 0.5) is 11.4 Å². The van der Waals surface area contributed by atoms with Crippen LogP contribution < -0.4 is 11.1 Å². The lowest BCUT2D eigenvalue weighted by Crippen LogP contribution is -2.13. The van der Waals surface area contributed by atoms with Gasteiger partial charge in [0.2, 0.25) is 0 Å². The van der Waals surface area contributed by atoms with E-state index in [9.17, 15) is 9.59 Å². The molecule has 6 heteroatoms. The van der Waals surface area contributed by atoms with Crippen molar-refractivity contribution in [1.82, 2.24) is 0 Å². The van der Waals surface area contributed by atoms with Crippen LogP contribution in [0.2, 0.25) is 0 Å². The molecule has 0 saturated heterocycles. The van der Waals surface area contributed by atoms with Crippen molar-refractivity contribution in [2.45, 2.75) is 0 Å². The second kappa shape index (κ2) is 5.75. The number of carboxylic acid groups (broad SMARTS) is 1. The molecule has 20 heavy (non-hydrogen) atoms. The first-order valence-corrected chi connectivity index (χ1v) is 6.46. The van der Waals surface area contributed by atoms with Gasteiger partial charge in [0, 0.05) is 10.2 Å². The summed E-state index contributed by atoms with van der Waals surface area (Å²) in [6.07, 6.45) is 0. The fourth-order valence-corrected chi connectivity index (χ4v) is 2.05. The van der Waals surface area contributed by atoms with Gasteiger partial charge < -0.3 is 16.2 Å².